The fourth-order valence-electron chi connectivity index (χ4n) is 3.61. The van der Waals surface area contributed by atoms with E-state index in [9.17, 15) is 9.59 Å². The molecule has 4 heterocycles. The number of carbonyl (C=O) groups excluding carboxylic acids is 2. The van der Waals surface area contributed by atoms with Crippen LogP contribution in [-0.2, 0) is 4.79 Å². The first kappa shape index (κ1) is 12.4. The number of nitrogens with zero attached hydrogens (tertiary/aromatic N) is 3. The van der Waals surface area contributed by atoms with Crippen molar-refractivity contribution in [3.63, 3.8) is 0 Å². The Balaban J connectivity index is 1.91. The number of rotatable bonds is 2. The van der Waals surface area contributed by atoms with Gasteiger partial charge in [-0.05, 0) is 24.8 Å². The summed E-state index contributed by atoms with van der Waals surface area (Å²) in [5.74, 6) is -0.146. The summed E-state index contributed by atoms with van der Waals surface area (Å²) in [5, 5.41) is 5.09. The second kappa shape index (κ2) is 4.31. The molecule has 1 atom stereocenters. The molecule has 2 N–H and O–H groups in total. The highest BCUT2D eigenvalue weighted by Crippen LogP contribution is 2.38. The Bertz CT molecular complexity index is 743. The molecule has 108 valence electrons. The number of piperidine rings is 3. The molecule has 3 fully saturated rings. The predicted molar refractivity (Wildman–Crippen MR) is 76.6 cm³/mol. The number of nitrogens with two attached hydrogens (primary N) is 1. The lowest BCUT2D eigenvalue weighted by Gasteiger charge is -2.44. The van der Waals surface area contributed by atoms with Gasteiger partial charge in [-0.3, -0.25) is 14.3 Å². The second-order valence-corrected chi connectivity index (χ2v) is 5.78. The maximum atomic E-state index is 12.6. The fourth-order valence-corrected chi connectivity index (χ4v) is 3.61. The van der Waals surface area contributed by atoms with Gasteiger partial charge in [0.1, 0.15) is 6.04 Å². The lowest BCUT2D eigenvalue weighted by molar-refractivity contribution is -0.145. The van der Waals surface area contributed by atoms with Crippen LogP contribution >= 0.6 is 0 Å². The standard InChI is InChI=1S/C15H16N4O2/c16-14(20)12-10-3-1-2-4-11(10)19(17-12)13-9-5-7-18(8-6-9)15(13)21/h1-4,9,13H,5-8H2,(H2,16,20)/t13-/m0/s1. The quantitative estimate of drug-likeness (QED) is 0.890. The SMILES string of the molecule is NC(=O)c1nn([C@@H]2C(=O)N3CCC2CC3)c2ccccc12. The average Bonchev–Trinajstić information content (AvgIpc) is 2.88. The largest absolute Gasteiger partial charge is 0.364 e. The third-order valence-electron chi connectivity index (χ3n) is 4.66. The summed E-state index contributed by atoms with van der Waals surface area (Å²) in [5.41, 5.74) is 6.47. The van der Waals surface area contributed by atoms with Crippen molar-refractivity contribution < 1.29 is 9.59 Å². The predicted octanol–water partition coefficient (Wildman–Crippen LogP) is 0.928. The lowest BCUT2D eigenvalue weighted by atomic mass is 9.83. The molecule has 2 bridgehead atoms. The number of aromatic nitrogens is 2. The Labute approximate surface area is 121 Å². The zero-order valence-corrected chi connectivity index (χ0v) is 11.5. The Morgan fingerprint density at radius 2 is 1.95 bits per heavy atom. The van der Waals surface area contributed by atoms with E-state index in [1.165, 1.54) is 0 Å². The summed E-state index contributed by atoms with van der Waals surface area (Å²) in [6.07, 6.45) is 1.99. The van der Waals surface area contributed by atoms with Crippen LogP contribution < -0.4 is 5.73 Å². The van der Waals surface area contributed by atoms with Crippen molar-refractivity contribution >= 4 is 22.7 Å². The summed E-state index contributed by atoms with van der Waals surface area (Å²) in [6, 6.07) is 7.14. The molecular formula is C15H16N4O2. The van der Waals surface area contributed by atoms with E-state index < -0.39 is 5.91 Å². The topological polar surface area (TPSA) is 81.2 Å². The molecular weight excluding hydrogens is 268 g/mol. The van der Waals surface area contributed by atoms with Gasteiger partial charge in [0.2, 0.25) is 5.91 Å². The highest BCUT2D eigenvalue weighted by Gasteiger charge is 2.43. The van der Waals surface area contributed by atoms with Gasteiger partial charge in [0.15, 0.2) is 5.69 Å². The van der Waals surface area contributed by atoms with Crippen molar-refractivity contribution in [3.05, 3.63) is 30.0 Å². The van der Waals surface area contributed by atoms with Crippen molar-refractivity contribution in [1.29, 1.82) is 0 Å². The third kappa shape index (κ3) is 1.68. The second-order valence-electron chi connectivity index (χ2n) is 5.78. The maximum Gasteiger partial charge on any atom is 0.269 e. The van der Waals surface area contributed by atoms with Gasteiger partial charge >= 0.3 is 0 Å². The van der Waals surface area contributed by atoms with E-state index in [1.807, 2.05) is 29.2 Å². The summed E-state index contributed by atoms with van der Waals surface area (Å²) >= 11 is 0. The molecule has 3 aliphatic heterocycles. The summed E-state index contributed by atoms with van der Waals surface area (Å²) in [7, 11) is 0. The van der Waals surface area contributed by atoms with Crippen LogP contribution in [-0.4, -0.2) is 39.6 Å². The van der Waals surface area contributed by atoms with Crippen LogP contribution in [0.4, 0.5) is 0 Å². The minimum atomic E-state index is -0.557. The number of para-hydroxylation sites is 1. The molecule has 21 heavy (non-hydrogen) atoms. The average molecular weight is 284 g/mol. The van der Waals surface area contributed by atoms with E-state index in [0.29, 0.717) is 11.3 Å². The minimum absolute atomic E-state index is 0.113. The maximum absolute atomic E-state index is 12.6. The third-order valence-corrected chi connectivity index (χ3v) is 4.66. The molecule has 0 unspecified atom stereocenters. The highest BCUT2D eigenvalue weighted by atomic mass is 16.2. The molecule has 0 saturated carbocycles. The van der Waals surface area contributed by atoms with E-state index in [4.69, 9.17) is 5.73 Å². The van der Waals surface area contributed by atoms with E-state index in [-0.39, 0.29) is 17.6 Å². The van der Waals surface area contributed by atoms with Gasteiger partial charge in [0, 0.05) is 18.5 Å². The van der Waals surface area contributed by atoms with E-state index >= 15 is 0 Å². The van der Waals surface area contributed by atoms with Gasteiger partial charge in [-0.25, -0.2) is 0 Å². The Morgan fingerprint density at radius 1 is 1.24 bits per heavy atom. The number of hydrogen-bond donors (Lipinski definition) is 1. The number of carbonyl (C=O) groups is 2. The first-order valence-corrected chi connectivity index (χ1v) is 7.22. The van der Waals surface area contributed by atoms with Gasteiger partial charge in [0.05, 0.1) is 5.52 Å². The smallest absolute Gasteiger partial charge is 0.269 e. The summed E-state index contributed by atoms with van der Waals surface area (Å²) in [4.78, 5) is 26.1. The number of hydrogen-bond acceptors (Lipinski definition) is 3. The normalized spacial score (nSPS) is 24.8. The zero-order valence-electron chi connectivity index (χ0n) is 11.5. The van der Waals surface area contributed by atoms with Gasteiger partial charge in [0.25, 0.3) is 5.91 Å². The van der Waals surface area contributed by atoms with Gasteiger partial charge in [-0.1, -0.05) is 18.2 Å². The van der Waals surface area contributed by atoms with Crippen molar-refractivity contribution in [3.8, 4) is 0 Å². The molecule has 6 heteroatoms. The molecule has 2 amide bonds. The van der Waals surface area contributed by atoms with Gasteiger partial charge in [-0.15, -0.1) is 0 Å². The van der Waals surface area contributed by atoms with E-state index in [1.54, 1.807) is 4.68 Å². The number of benzene rings is 1. The molecule has 5 rings (SSSR count). The van der Waals surface area contributed by atoms with Crippen LogP contribution in [0.2, 0.25) is 0 Å². The van der Waals surface area contributed by atoms with Gasteiger partial charge in [-0.2, -0.15) is 5.10 Å². The van der Waals surface area contributed by atoms with Crippen molar-refractivity contribution in [2.45, 2.75) is 18.9 Å². The Kier molecular flexibility index (Phi) is 2.54. The van der Waals surface area contributed by atoms with E-state index in [0.717, 1.165) is 31.4 Å². The van der Waals surface area contributed by atoms with Crippen molar-refractivity contribution in [1.82, 2.24) is 14.7 Å². The van der Waals surface area contributed by atoms with Gasteiger partial charge < -0.3 is 10.6 Å². The summed E-state index contributed by atoms with van der Waals surface area (Å²) in [6.45, 7) is 1.67. The molecule has 0 radical (unpaired) electrons. The lowest BCUT2D eigenvalue weighted by Crippen LogP contribution is -2.52. The fraction of sp³-hybridized carbons (Fsp3) is 0.400. The van der Waals surface area contributed by atoms with E-state index in [2.05, 4.69) is 5.10 Å². The van der Waals surface area contributed by atoms with Crippen molar-refractivity contribution in [2.24, 2.45) is 11.7 Å². The monoisotopic (exact) mass is 284 g/mol. The molecule has 1 aromatic carbocycles. The zero-order chi connectivity index (χ0) is 14.6. The van der Waals surface area contributed by atoms with Crippen LogP contribution in [0.1, 0.15) is 29.4 Å². The molecule has 6 nitrogen and oxygen atoms in total. The van der Waals surface area contributed by atoms with Crippen LogP contribution in [0.15, 0.2) is 24.3 Å². The van der Waals surface area contributed by atoms with Crippen LogP contribution in [0.25, 0.3) is 10.9 Å². The summed E-state index contributed by atoms with van der Waals surface area (Å²) < 4.78 is 1.72. The molecule has 3 saturated heterocycles. The highest BCUT2D eigenvalue weighted by molar-refractivity contribution is 6.04. The molecule has 0 aliphatic carbocycles. The van der Waals surface area contributed by atoms with Crippen LogP contribution in [0, 0.1) is 5.92 Å². The van der Waals surface area contributed by atoms with Crippen molar-refractivity contribution in [2.75, 3.05) is 13.1 Å². The Hall–Kier alpha value is -2.37. The number of amides is 2. The Morgan fingerprint density at radius 3 is 2.62 bits per heavy atom. The first-order chi connectivity index (χ1) is 10.2. The number of fused-ring (bicyclic) bond motifs is 4. The molecule has 3 aliphatic rings. The number of primary amides is 1. The molecule has 0 spiro atoms. The van der Waals surface area contributed by atoms with Crippen LogP contribution in [0.5, 0.6) is 0 Å². The first-order valence-electron chi connectivity index (χ1n) is 7.22. The molecule has 2 aromatic rings. The minimum Gasteiger partial charge on any atom is -0.364 e. The van der Waals surface area contributed by atoms with Crippen LogP contribution in [0.3, 0.4) is 0 Å². The molecule has 1 aromatic heterocycles.